The van der Waals surface area contributed by atoms with Gasteiger partial charge in [-0.15, -0.1) is 11.8 Å². The molecule has 0 N–H and O–H groups in total. The summed E-state index contributed by atoms with van der Waals surface area (Å²) in [5, 5.41) is 0. The number of rotatable bonds is 5. The zero-order valence-electron chi connectivity index (χ0n) is 19.6. The van der Waals surface area contributed by atoms with Crippen LogP contribution in [0.5, 0.6) is 17.2 Å². The summed E-state index contributed by atoms with van der Waals surface area (Å²) in [6.07, 6.45) is 2.09. The third kappa shape index (κ3) is 2.82. The van der Waals surface area contributed by atoms with Crippen molar-refractivity contribution in [2.24, 2.45) is 0 Å². The van der Waals surface area contributed by atoms with Crippen LogP contribution in [-0.4, -0.2) is 53.4 Å². The van der Waals surface area contributed by atoms with E-state index in [4.69, 9.17) is 14.2 Å². The SMILES string of the molecule is CSC12c3ccccc3CCN1C(=O)C2N1C(=O)[C@@H](Oc2ccccc2)[C@H]1c1ccc2c(c1)OCO2. The van der Waals surface area contributed by atoms with Gasteiger partial charge in [0.1, 0.15) is 22.7 Å². The van der Waals surface area contributed by atoms with Crippen molar-refractivity contribution in [2.45, 2.75) is 29.5 Å². The zero-order valence-corrected chi connectivity index (χ0v) is 20.4. The number of β-lactam (4-membered cyclic amide) rings is 2. The maximum absolute atomic E-state index is 13.8. The summed E-state index contributed by atoms with van der Waals surface area (Å²) in [6, 6.07) is 22.2. The summed E-state index contributed by atoms with van der Waals surface area (Å²) in [7, 11) is 0. The van der Waals surface area contributed by atoms with Gasteiger partial charge in [0.05, 0.1) is 0 Å². The summed E-state index contributed by atoms with van der Waals surface area (Å²) in [5.74, 6) is 1.72. The summed E-state index contributed by atoms with van der Waals surface area (Å²) in [6.45, 7) is 0.812. The highest BCUT2D eigenvalue weighted by molar-refractivity contribution is 7.99. The topological polar surface area (TPSA) is 68.3 Å². The number of carbonyl (C=O) groups excluding carboxylic acids is 2. The van der Waals surface area contributed by atoms with Crippen LogP contribution in [0.3, 0.4) is 0 Å². The van der Waals surface area contributed by atoms with Gasteiger partial charge in [0.15, 0.2) is 11.5 Å². The van der Waals surface area contributed by atoms with E-state index in [9.17, 15) is 9.59 Å². The predicted octanol–water partition coefficient (Wildman–Crippen LogP) is 3.73. The summed E-state index contributed by atoms with van der Waals surface area (Å²) < 4.78 is 17.3. The highest BCUT2D eigenvalue weighted by Gasteiger charge is 2.70. The van der Waals surface area contributed by atoms with Crippen LogP contribution in [-0.2, 0) is 20.9 Å². The molecule has 36 heavy (non-hydrogen) atoms. The quantitative estimate of drug-likeness (QED) is 0.498. The molecular formula is C28H24N2O5S. The molecule has 0 spiro atoms. The molecule has 0 bridgehead atoms. The molecule has 2 fully saturated rings. The molecule has 2 unspecified atom stereocenters. The monoisotopic (exact) mass is 500 g/mol. The molecule has 4 heterocycles. The Morgan fingerprint density at radius 2 is 1.72 bits per heavy atom. The second kappa shape index (κ2) is 7.93. The smallest absolute Gasteiger partial charge is 0.267 e. The number of ether oxygens (including phenoxy) is 3. The number of hydrogen-bond donors (Lipinski definition) is 0. The van der Waals surface area contributed by atoms with Gasteiger partial charge in [0.25, 0.3) is 11.8 Å². The van der Waals surface area contributed by atoms with E-state index in [1.807, 2.05) is 71.8 Å². The van der Waals surface area contributed by atoms with Crippen LogP contribution in [0.15, 0.2) is 72.8 Å². The number of amides is 2. The van der Waals surface area contributed by atoms with Crippen molar-refractivity contribution in [1.82, 2.24) is 9.80 Å². The summed E-state index contributed by atoms with van der Waals surface area (Å²) in [4.78, 5) is 30.4. The predicted molar refractivity (Wildman–Crippen MR) is 134 cm³/mol. The Morgan fingerprint density at radius 3 is 2.56 bits per heavy atom. The molecule has 2 amide bonds. The second-order valence-electron chi connectivity index (χ2n) is 9.35. The molecule has 4 aliphatic heterocycles. The van der Waals surface area contributed by atoms with Crippen LogP contribution < -0.4 is 14.2 Å². The van der Waals surface area contributed by atoms with E-state index in [-0.39, 0.29) is 18.6 Å². The van der Waals surface area contributed by atoms with Crippen molar-refractivity contribution in [3.05, 3.63) is 89.5 Å². The molecule has 0 aliphatic carbocycles. The first-order valence-electron chi connectivity index (χ1n) is 12.0. The van der Waals surface area contributed by atoms with Crippen LogP contribution in [0.1, 0.15) is 22.7 Å². The van der Waals surface area contributed by atoms with Crippen molar-refractivity contribution in [1.29, 1.82) is 0 Å². The molecule has 7 rings (SSSR count). The van der Waals surface area contributed by atoms with Crippen molar-refractivity contribution in [3.8, 4) is 17.2 Å². The minimum absolute atomic E-state index is 0.0175. The molecule has 8 heteroatoms. The average Bonchev–Trinajstić information content (AvgIpc) is 3.39. The minimum atomic E-state index is -0.743. The van der Waals surface area contributed by atoms with Crippen molar-refractivity contribution < 1.29 is 23.8 Å². The van der Waals surface area contributed by atoms with E-state index in [0.29, 0.717) is 23.8 Å². The van der Waals surface area contributed by atoms with E-state index in [1.165, 1.54) is 5.56 Å². The number of benzene rings is 3. The lowest BCUT2D eigenvalue weighted by molar-refractivity contribution is -0.195. The number of fused-ring (bicyclic) bond motifs is 4. The lowest BCUT2D eigenvalue weighted by atomic mass is 9.76. The largest absolute Gasteiger partial charge is 0.478 e. The number of hydrogen-bond acceptors (Lipinski definition) is 6. The van der Waals surface area contributed by atoms with Crippen molar-refractivity contribution >= 4 is 23.6 Å². The Kier molecular flexibility index (Phi) is 4.76. The molecule has 182 valence electrons. The number of thioether (sulfide) groups is 1. The molecule has 0 saturated carbocycles. The molecule has 3 aromatic carbocycles. The molecule has 4 atom stereocenters. The third-order valence-electron chi connectivity index (χ3n) is 7.70. The van der Waals surface area contributed by atoms with Gasteiger partial charge >= 0.3 is 0 Å². The van der Waals surface area contributed by atoms with E-state index >= 15 is 0 Å². The lowest BCUT2D eigenvalue weighted by Crippen LogP contribution is -2.81. The maximum atomic E-state index is 13.8. The Morgan fingerprint density at radius 1 is 0.944 bits per heavy atom. The molecule has 3 aromatic rings. The second-order valence-corrected chi connectivity index (χ2v) is 10.4. The van der Waals surface area contributed by atoms with E-state index < -0.39 is 23.1 Å². The van der Waals surface area contributed by atoms with Gasteiger partial charge in [0, 0.05) is 6.54 Å². The third-order valence-corrected chi connectivity index (χ3v) is 8.98. The van der Waals surface area contributed by atoms with E-state index in [0.717, 1.165) is 17.5 Å². The lowest BCUT2D eigenvalue weighted by Gasteiger charge is -2.65. The van der Waals surface area contributed by atoms with Gasteiger partial charge in [-0.2, -0.15) is 0 Å². The highest BCUT2D eigenvalue weighted by atomic mass is 32.2. The fourth-order valence-electron chi connectivity index (χ4n) is 6.05. The normalized spacial score (nSPS) is 27.6. The number of likely N-dealkylation sites (tertiary alicyclic amines) is 1. The first-order chi connectivity index (χ1) is 17.6. The van der Waals surface area contributed by atoms with Crippen LogP contribution >= 0.6 is 11.8 Å². The number of para-hydroxylation sites is 1. The number of nitrogens with zero attached hydrogens (tertiary/aromatic N) is 2. The first kappa shape index (κ1) is 21.6. The standard InChI is InChI=1S/C28H24N2O5S/c1-36-28-20-10-6-5-7-17(20)13-14-29(28)27(32)25(28)30-23(18-11-12-21-22(15-18)34-16-33-21)24(26(30)31)35-19-8-3-2-4-9-19/h2-12,15,23-25H,13-14,16H2,1H3/t23-,24+,25?,28?/m1/s1. The number of carbonyl (C=O) groups is 2. The van der Waals surface area contributed by atoms with Gasteiger partial charge in [-0.05, 0) is 53.6 Å². The Hall–Kier alpha value is -3.65. The van der Waals surface area contributed by atoms with Crippen LogP contribution in [0.2, 0.25) is 0 Å². The van der Waals surface area contributed by atoms with Crippen LogP contribution in [0.4, 0.5) is 0 Å². The minimum Gasteiger partial charge on any atom is -0.478 e. The molecule has 0 aromatic heterocycles. The van der Waals surface area contributed by atoms with Gasteiger partial charge in [-0.1, -0.05) is 48.5 Å². The Bertz CT molecular complexity index is 1380. The fourth-order valence-corrected chi connectivity index (χ4v) is 7.31. The highest BCUT2D eigenvalue weighted by Crippen LogP contribution is 2.58. The Labute approximate surface area is 212 Å². The molecule has 0 radical (unpaired) electrons. The fraction of sp³-hybridized carbons (Fsp3) is 0.286. The first-order valence-corrected chi connectivity index (χ1v) is 13.2. The van der Waals surface area contributed by atoms with Gasteiger partial charge < -0.3 is 24.0 Å². The average molecular weight is 501 g/mol. The zero-order chi connectivity index (χ0) is 24.4. The maximum Gasteiger partial charge on any atom is 0.267 e. The molecule has 2 saturated heterocycles. The molecule has 4 aliphatic rings. The Balaban J connectivity index is 1.32. The van der Waals surface area contributed by atoms with E-state index in [1.54, 1.807) is 16.7 Å². The van der Waals surface area contributed by atoms with Crippen LogP contribution in [0, 0.1) is 0 Å². The van der Waals surface area contributed by atoms with Gasteiger partial charge in [-0.25, -0.2) is 0 Å². The van der Waals surface area contributed by atoms with Crippen LogP contribution in [0.25, 0.3) is 0 Å². The summed E-state index contributed by atoms with van der Waals surface area (Å²) >= 11 is 1.63. The molecule has 7 nitrogen and oxygen atoms in total. The van der Waals surface area contributed by atoms with Gasteiger partial charge in [0.2, 0.25) is 12.9 Å². The van der Waals surface area contributed by atoms with Gasteiger partial charge in [-0.3, -0.25) is 9.59 Å². The van der Waals surface area contributed by atoms with Crippen molar-refractivity contribution in [2.75, 3.05) is 19.6 Å². The summed E-state index contributed by atoms with van der Waals surface area (Å²) in [5.41, 5.74) is 3.19. The van der Waals surface area contributed by atoms with Crippen molar-refractivity contribution in [3.63, 3.8) is 0 Å². The van der Waals surface area contributed by atoms with E-state index in [2.05, 4.69) is 12.1 Å². The molecular weight excluding hydrogens is 476 g/mol.